The number of hydrogen-bond acceptors (Lipinski definition) is 5. The van der Waals surface area contributed by atoms with Crippen molar-refractivity contribution in [3.05, 3.63) is 71.6 Å². The molecule has 1 N–H and O–H groups in total. The molecule has 1 unspecified atom stereocenters. The summed E-state index contributed by atoms with van der Waals surface area (Å²) in [5.41, 5.74) is 3.48. The number of amides is 1. The van der Waals surface area contributed by atoms with Crippen LogP contribution in [-0.2, 0) is 16.8 Å². The Labute approximate surface area is 196 Å². The maximum absolute atomic E-state index is 12.7. The minimum atomic E-state index is 0.0195. The number of hydrogen-bond donors (Lipinski definition) is 1. The molecule has 3 aromatic rings. The Bertz CT molecular complexity index is 1050. The Kier molecular flexibility index (Phi) is 6.94. The van der Waals surface area contributed by atoms with Crippen LogP contribution in [0.25, 0.3) is 11.4 Å². The second-order valence-corrected chi connectivity index (χ2v) is 10.0. The molecule has 0 aliphatic carbocycles. The molecule has 1 saturated heterocycles. The molecule has 1 amide bonds. The first kappa shape index (κ1) is 23.2. The van der Waals surface area contributed by atoms with Crippen molar-refractivity contribution in [3.63, 3.8) is 0 Å². The van der Waals surface area contributed by atoms with Gasteiger partial charge in [-0.25, -0.2) is 0 Å². The summed E-state index contributed by atoms with van der Waals surface area (Å²) in [5, 5.41) is 7.34. The molecule has 1 aliphatic heterocycles. The van der Waals surface area contributed by atoms with Crippen LogP contribution in [-0.4, -0.2) is 34.0 Å². The van der Waals surface area contributed by atoms with Crippen LogP contribution in [0.5, 0.6) is 0 Å². The quantitative estimate of drug-likeness (QED) is 0.569. The minimum Gasteiger partial charge on any atom is -0.349 e. The molecular weight excluding hydrogens is 412 g/mol. The Balaban J connectivity index is 1.27. The summed E-state index contributed by atoms with van der Waals surface area (Å²) < 4.78 is 5.51. The monoisotopic (exact) mass is 446 g/mol. The van der Waals surface area contributed by atoms with Gasteiger partial charge in [-0.3, -0.25) is 9.69 Å². The largest absolute Gasteiger partial charge is 0.349 e. The summed E-state index contributed by atoms with van der Waals surface area (Å²) in [6, 6.07) is 18.5. The predicted octanol–water partition coefficient (Wildman–Crippen LogP) is 5.12. The Morgan fingerprint density at radius 2 is 1.76 bits per heavy atom. The summed E-state index contributed by atoms with van der Waals surface area (Å²) in [7, 11) is 0. The topological polar surface area (TPSA) is 71.3 Å². The first-order chi connectivity index (χ1) is 15.8. The SMILES string of the molecule is CC(NC(=O)C1CCN(Cc2nc(-c3ccc(C(C)(C)C)cc3)no2)CC1)c1ccccc1. The van der Waals surface area contributed by atoms with Crippen molar-refractivity contribution in [1.29, 1.82) is 0 Å². The summed E-state index contributed by atoms with van der Waals surface area (Å²) in [6.07, 6.45) is 1.67. The fourth-order valence-electron chi connectivity index (χ4n) is 4.26. The number of piperidine rings is 1. The van der Waals surface area contributed by atoms with Crippen LogP contribution < -0.4 is 5.32 Å². The lowest BCUT2D eigenvalue weighted by atomic mass is 9.87. The Morgan fingerprint density at radius 1 is 1.09 bits per heavy atom. The van der Waals surface area contributed by atoms with Gasteiger partial charge in [-0.2, -0.15) is 4.98 Å². The van der Waals surface area contributed by atoms with Crippen molar-refractivity contribution < 1.29 is 9.32 Å². The molecule has 0 bridgehead atoms. The van der Waals surface area contributed by atoms with Crippen LogP contribution in [0.2, 0.25) is 0 Å². The van der Waals surface area contributed by atoms with Gasteiger partial charge >= 0.3 is 0 Å². The van der Waals surface area contributed by atoms with E-state index in [2.05, 4.69) is 65.4 Å². The average Bonchev–Trinajstić information content (AvgIpc) is 3.28. The molecule has 0 radical (unpaired) electrons. The zero-order chi connectivity index (χ0) is 23.4. The highest BCUT2D eigenvalue weighted by atomic mass is 16.5. The number of carbonyl (C=O) groups excluding carboxylic acids is 1. The molecule has 1 atom stereocenters. The van der Waals surface area contributed by atoms with E-state index in [1.165, 1.54) is 5.56 Å². The number of carbonyl (C=O) groups is 1. The van der Waals surface area contributed by atoms with Crippen molar-refractivity contribution in [2.75, 3.05) is 13.1 Å². The van der Waals surface area contributed by atoms with Gasteiger partial charge in [0.15, 0.2) is 0 Å². The average molecular weight is 447 g/mol. The van der Waals surface area contributed by atoms with Gasteiger partial charge in [0.1, 0.15) is 0 Å². The number of nitrogens with one attached hydrogen (secondary N) is 1. The van der Waals surface area contributed by atoms with Gasteiger partial charge in [0.2, 0.25) is 17.6 Å². The number of benzene rings is 2. The van der Waals surface area contributed by atoms with Crippen molar-refractivity contribution in [2.45, 2.75) is 58.5 Å². The lowest BCUT2D eigenvalue weighted by Crippen LogP contribution is -2.40. The molecule has 174 valence electrons. The second kappa shape index (κ2) is 9.87. The minimum absolute atomic E-state index is 0.0195. The van der Waals surface area contributed by atoms with Crippen molar-refractivity contribution in [3.8, 4) is 11.4 Å². The molecule has 33 heavy (non-hydrogen) atoms. The number of rotatable bonds is 6. The van der Waals surface area contributed by atoms with E-state index >= 15 is 0 Å². The van der Waals surface area contributed by atoms with Gasteiger partial charge in [0, 0.05) is 11.5 Å². The van der Waals surface area contributed by atoms with E-state index < -0.39 is 0 Å². The third kappa shape index (κ3) is 5.88. The standard InChI is InChI=1S/C27H34N4O2/c1-19(20-8-6-5-7-9-20)28-26(32)22-14-16-31(17-15-22)18-24-29-25(30-33-24)21-10-12-23(13-11-21)27(2,3)4/h5-13,19,22H,14-18H2,1-4H3,(H,28,32). The fraction of sp³-hybridized carbons (Fsp3) is 0.444. The van der Waals surface area contributed by atoms with Crippen molar-refractivity contribution in [1.82, 2.24) is 20.4 Å². The molecule has 0 saturated carbocycles. The molecule has 6 heteroatoms. The van der Waals surface area contributed by atoms with Crippen LogP contribution in [0, 0.1) is 5.92 Å². The maximum atomic E-state index is 12.7. The fourth-order valence-corrected chi connectivity index (χ4v) is 4.26. The molecule has 6 nitrogen and oxygen atoms in total. The second-order valence-electron chi connectivity index (χ2n) is 10.0. The van der Waals surface area contributed by atoms with E-state index in [-0.39, 0.29) is 23.3 Å². The summed E-state index contributed by atoms with van der Waals surface area (Å²) >= 11 is 0. The molecule has 1 aromatic heterocycles. The molecule has 0 spiro atoms. The van der Waals surface area contributed by atoms with Crippen molar-refractivity contribution >= 4 is 5.91 Å². The van der Waals surface area contributed by atoms with Crippen LogP contribution >= 0.6 is 0 Å². The Morgan fingerprint density at radius 3 is 2.39 bits per heavy atom. The predicted molar refractivity (Wildman–Crippen MR) is 129 cm³/mol. The molecule has 2 heterocycles. The van der Waals surface area contributed by atoms with Gasteiger partial charge in [-0.15, -0.1) is 0 Å². The van der Waals surface area contributed by atoms with Crippen LogP contribution in [0.3, 0.4) is 0 Å². The smallest absolute Gasteiger partial charge is 0.241 e. The van der Waals surface area contributed by atoms with Gasteiger partial charge in [-0.1, -0.05) is 80.5 Å². The molecular formula is C27H34N4O2. The maximum Gasteiger partial charge on any atom is 0.241 e. The van der Waals surface area contributed by atoms with Gasteiger partial charge in [0.05, 0.1) is 12.6 Å². The van der Waals surface area contributed by atoms with E-state index in [0.717, 1.165) is 37.1 Å². The van der Waals surface area contributed by atoms with E-state index in [1.807, 2.05) is 37.3 Å². The summed E-state index contributed by atoms with van der Waals surface area (Å²) in [4.78, 5) is 19.6. The number of aromatic nitrogens is 2. The normalized spacial score (nSPS) is 16.5. The zero-order valence-corrected chi connectivity index (χ0v) is 20.0. The zero-order valence-electron chi connectivity index (χ0n) is 20.0. The lowest BCUT2D eigenvalue weighted by molar-refractivity contribution is -0.127. The molecule has 2 aromatic carbocycles. The first-order valence-corrected chi connectivity index (χ1v) is 11.8. The molecule has 1 aliphatic rings. The third-order valence-corrected chi connectivity index (χ3v) is 6.45. The number of likely N-dealkylation sites (tertiary alicyclic amines) is 1. The van der Waals surface area contributed by atoms with E-state index in [0.29, 0.717) is 18.3 Å². The summed E-state index contributed by atoms with van der Waals surface area (Å²) in [5.74, 6) is 1.43. The highest BCUT2D eigenvalue weighted by Crippen LogP contribution is 2.26. The third-order valence-electron chi connectivity index (χ3n) is 6.45. The van der Waals surface area contributed by atoms with Crippen molar-refractivity contribution in [2.24, 2.45) is 5.92 Å². The highest BCUT2D eigenvalue weighted by Gasteiger charge is 2.27. The van der Waals surface area contributed by atoms with Crippen LogP contribution in [0.15, 0.2) is 59.1 Å². The molecule has 4 rings (SSSR count). The summed E-state index contributed by atoms with van der Waals surface area (Å²) in [6.45, 7) is 10.9. The van der Waals surface area contributed by atoms with Gasteiger partial charge < -0.3 is 9.84 Å². The lowest BCUT2D eigenvalue weighted by Gasteiger charge is -2.30. The first-order valence-electron chi connectivity index (χ1n) is 11.8. The number of nitrogens with zero attached hydrogens (tertiary/aromatic N) is 3. The Hall–Kier alpha value is -2.99. The van der Waals surface area contributed by atoms with Gasteiger partial charge in [-0.05, 0) is 49.4 Å². The van der Waals surface area contributed by atoms with Crippen LogP contribution in [0.1, 0.15) is 63.6 Å². The van der Waals surface area contributed by atoms with Crippen LogP contribution in [0.4, 0.5) is 0 Å². The molecule has 1 fully saturated rings. The highest BCUT2D eigenvalue weighted by molar-refractivity contribution is 5.79. The van der Waals surface area contributed by atoms with E-state index in [4.69, 9.17) is 4.52 Å². The van der Waals surface area contributed by atoms with E-state index in [9.17, 15) is 4.79 Å². The van der Waals surface area contributed by atoms with Gasteiger partial charge in [0.25, 0.3) is 0 Å². The van der Waals surface area contributed by atoms with E-state index in [1.54, 1.807) is 0 Å².